The molecule has 0 aliphatic heterocycles. The van der Waals surface area contributed by atoms with Gasteiger partial charge in [-0.25, -0.2) is 0 Å². The van der Waals surface area contributed by atoms with Crippen molar-refractivity contribution in [2.24, 2.45) is 5.73 Å². The molecule has 4 N–H and O–H groups in total. The average Bonchev–Trinajstić information content (AvgIpc) is 2.39. The van der Waals surface area contributed by atoms with Crippen LogP contribution in [0.5, 0.6) is 5.75 Å². The number of hydrogen-bond donors (Lipinski definition) is 3. The Balaban J connectivity index is 2.58. The molecule has 0 spiro atoms. The van der Waals surface area contributed by atoms with E-state index in [1.165, 1.54) is 0 Å². The second-order valence-corrected chi connectivity index (χ2v) is 5.19. The van der Waals surface area contributed by atoms with Crippen LogP contribution in [0.15, 0.2) is 24.3 Å². The standard InChI is InChI=1S/C14H22N2O3/c1-14(2,9-17)16-13(18)12(15)8-10-4-6-11(19-3)7-5-10/h4-7,12,17H,8-9,15H2,1-3H3,(H,16,18)/t12-/m0/s1. The second kappa shape index (κ2) is 6.54. The van der Waals surface area contributed by atoms with E-state index in [0.29, 0.717) is 6.42 Å². The van der Waals surface area contributed by atoms with Gasteiger partial charge in [0.1, 0.15) is 5.75 Å². The third-order valence-electron chi connectivity index (χ3n) is 2.81. The van der Waals surface area contributed by atoms with Gasteiger partial charge in [0, 0.05) is 0 Å². The van der Waals surface area contributed by atoms with Crippen molar-refractivity contribution in [1.29, 1.82) is 0 Å². The van der Waals surface area contributed by atoms with Crippen molar-refractivity contribution in [3.8, 4) is 5.75 Å². The highest BCUT2D eigenvalue weighted by Gasteiger charge is 2.23. The third kappa shape index (κ3) is 4.89. The molecule has 5 nitrogen and oxygen atoms in total. The lowest BCUT2D eigenvalue weighted by molar-refractivity contribution is -0.124. The number of carbonyl (C=O) groups excluding carboxylic acids is 1. The molecule has 1 aromatic rings. The molecule has 0 aliphatic rings. The molecule has 0 heterocycles. The molecule has 1 aromatic carbocycles. The minimum absolute atomic E-state index is 0.131. The number of hydrogen-bond acceptors (Lipinski definition) is 4. The van der Waals surface area contributed by atoms with Gasteiger partial charge in [-0.15, -0.1) is 0 Å². The summed E-state index contributed by atoms with van der Waals surface area (Å²) in [6.45, 7) is 3.35. The molecule has 1 atom stereocenters. The smallest absolute Gasteiger partial charge is 0.237 e. The Morgan fingerprint density at radius 1 is 1.42 bits per heavy atom. The first-order valence-corrected chi connectivity index (χ1v) is 6.19. The highest BCUT2D eigenvalue weighted by molar-refractivity contribution is 5.82. The summed E-state index contributed by atoms with van der Waals surface area (Å²) < 4.78 is 5.06. The molecule has 1 rings (SSSR count). The number of aliphatic hydroxyl groups excluding tert-OH is 1. The maximum absolute atomic E-state index is 11.9. The number of aliphatic hydroxyl groups is 1. The summed E-state index contributed by atoms with van der Waals surface area (Å²) in [7, 11) is 1.60. The van der Waals surface area contributed by atoms with Crippen molar-refractivity contribution in [2.75, 3.05) is 13.7 Å². The summed E-state index contributed by atoms with van der Waals surface area (Å²) in [6, 6.07) is 6.78. The maximum atomic E-state index is 11.9. The number of ether oxygens (including phenoxy) is 1. The number of amides is 1. The Morgan fingerprint density at radius 2 is 2.00 bits per heavy atom. The van der Waals surface area contributed by atoms with Gasteiger partial charge in [-0.2, -0.15) is 0 Å². The lowest BCUT2D eigenvalue weighted by Crippen LogP contribution is -2.52. The van der Waals surface area contributed by atoms with E-state index in [2.05, 4.69) is 5.32 Å². The number of methoxy groups -OCH3 is 1. The Morgan fingerprint density at radius 3 is 2.47 bits per heavy atom. The van der Waals surface area contributed by atoms with Crippen LogP contribution >= 0.6 is 0 Å². The van der Waals surface area contributed by atoms with Gasteiger partial charge in [0.2, 0.25) is 5.91 Å². The molecule has 0 bridgehead atoms. The van der Waals surface area contributed by atoms with Crippen LogP contribution in [0.2, 0.25) is 0 Å². The van der Waals surface area contributed by atoms with Crippen molar-refractivity contribution in [3.05, 3.63) is 29.8 Å². The lowest BCUT2D eigenvalue weighted by Gasteiger charge is -2.25. The van der Waals surface area contributed by atoms with Crippen molar-refractivity contribution in [2.45, 2.75) is 31.8 Å². The Labute approximate surface area is 113 Å². The van der Waals surface area contributed by atoms with Crippen LogP contribution in [0.1, 0.15) is 19.4 Å². The number of nitrogens with one attached hydrogen (secondary N) is 1. The van der Waals surface area contributed by atoms with E-state index in [9.17, 15) is 4.79 Å². The van der Waals surface area contributed by atoms with Crippen LogP contribution in [0.4, 0.5) is 0 Å². The largest absolute Gasteiger partial charge is 0.497 e. The molecule has 0 saturated carbocycles. The van der Waals surface area contributed by atoms with E-state index in [1.807, 2.05) is 24.3 Å². The van der Waals surface area contributed by atoms with Crippen LogP contribution in [0.3, 0.4) is 0 Å². The fourth-order valence-electron chi connectivity index (χ4n) is 1.57. The predicted molar refractivity (Wildman–Crippen MR) is 74.0 cm³/mol. The molecule has 1 amide bonds. The molecule has 0 aliphatic carbocycles. The molecule has 106 valence electrons. The minimum Gasteiger partial charge on any atom is -0.497 e. The summed E-state index contributed by atoms with van der Waals surface area (Å²) in [4.78, 5) is 11.9. The molecule has 0 radical (unpaired) electrons. The van der Waals surface area contributed by atoms with Gasteiger partial charge in [0.05, 0.1) is 25.3 Å². The predicted octanol–water partition coefficient (Wildman–Crippen LogP) is 0.452. The van der Waals surface area contributed by atoms with Crippen LogP contribution < -0.4 is 15.8 Å². The van der Waals surface area contributed by atoms with Gasteiger partial charge in [-0.1, -0.05) is 12.1 Å². The summed E-state index contributed by atoms with van der Waals surface area (Å²) >= 11 is 0. The second-order valence-electron chi connectivity index (χ2n) is 5.19. The molecule has 19 heavy (non-hydrogen) atoms. The molecule has 0 fully saturated rings. The number of nitrogens with two attached hydrogens (primary N) is 1. The normalized spacial score (nSPS) is 12.9. The molecular formula is C14H22N2O3. The van der Waals surface area contributed by atoms with Crippen molar-refractivity contribution < 1.29 is 14.6 Å². The van der Waals surface area contributed by atoms with Gasteiger partial charge >= 0.3 is 0 Å². The lowest BCUT2D eigenvalue weighted by atomic mass is 10.0. The van der Waals surface area contributed by atoms with Gasteiger partial charge in [0.25, 0.3) is 0 Å². The van der Waals surface area contributed by atoms with Crippen LogP contribution in [-0.4, -0.2) is 36.3 Å². The quantitative estimate of drug-likeness (QED) is 0.698. The highest BCUT2D eigenvalue weighted by atomic mass is 16.5. The first-order chi connectivity index (χ1) is 8.88. The Hall–Kier alpha value is -1.59. The summed E-state index contributed by atoms with van der Waals surface area (Å²) in [5.41, 5.74) is 6.16. The van der Waals surface area contributed by atoms with Gasteiger partial charge < -0.3 is 20.9 Å². The van der Waals surface area contributed by atoms with Crippen LogP contribution in [0.25, 0.3) is 0 Å². The van der Waals surface area contributed by atoms with E-state index in [1.54, 1.807) is 21.0 Å². The first-order valence-electron chi connectivity index (χ1n) is 6.19. The number of rotatable bonds is 6. The first kappa shape index (κ1) is 15.5. The van der Waals surface area contributed by atoms with E-state index in [-0.39, 0.29) is 12.5 Å². The van der Waals surface area contributed by atoms with E-state index >= 15 is 0 Å². The SMILES string of the molecule is COc1ccc(C[C@H](N)C(=O)NC(C)(C)CO)cc1. The van der Waals surface area contributed by atoms with Crippen molar-refractivity contribution >= 4 is 5.91 Å². The monoisotopic (exact) mass is 266 g/mol. The van der Waals surface area contributed by atoms with Gasteiger partial charge in [0.15, 0.2) is 0 Å². The summed E-state index contributed by atoms with van der Waals surface area (Å²) in [6.07, 6.45) is 0.442. The van der Waals surface area contributed by atoms with E-state index in [0.717, 1.165) is 11.3 Å². The van der Waals surface area contributed by atoms with Gasteiger partial charge in [-0.05, 0) is 38.0 Å². The zero-order valence-electron chi connectivity index (χ0n) is 11.6. The van der Waals surface area contributed by atoms with Crippen molar-refractivity contribution in [3.63, 3.8) is 0 Å². The molecule has 0 unspecified atom stereocenters. The van der Waals surface area contributed by atoms with Crippen molar-refractivity contribution in [1.82, 2.24) is 5.32 Å². The van der Waals surface area contributed by atoms with Crippen LogP contribution in [0, 0.1) is 0 Å². The molecule has 0 saturated heterocycles. The zero-order valence-corrected chi connectivity index (χ0v) is 11.6. The fourth-order valence-corrected chi connectivity index (χ4v) is 1.57. The Kier molecular flexibility index (Phi) is 5.32. The third-order valence-corrected chi connectivity index (χ3v) is 2.81. The Bertz CT molecular complexity index is 415. The topological polar surface area (TPSA) is 84.6 Å². The fraction of sp³-hybridized carbons (Fsp3) is 0.500. The number of benzene rings is 1. The van der Waals surface area contributed by atoms with Gasteiger partial charge in [-0.3, -0.25) is 4.79 Å². The van der Waals surface area contributed by atoms with E-state index < -0.39 is 11.6 Å². The molecular weight excluding hydrogens is 244 g/mol. The minimum atomic E-state index is -0.658. The maximum Gasteiger partial charge on any atom is 0.237 e. The van der Waals surface area contributed by atoms with E-state index in [4.69, 9.17) is 15.6 Å². The van der Waals surface area contributed by atoms with Crippen LogP contribution in [-0.2, 0) is 11.2 Å². The number of carbonyl (C=O) groups is 1. The highest BCUT2D eigenvalue weighted by Crippen LogP contribution is 2.12. The summed E-state index contributed by atoms with van der Waals surface area (Å²) in [5.74, 6) is 0.498. The molecule has 5 heteroatoms. The summed E-state index contributed by atoms with van der Waals surface area (Å²) in [5, 5.41) is 11.8. The molecule has 0 aromatic heterocycles. The average molecular weight is 266 g/mol. The zero-order chi connectivity index (χ0) is 14.5.